The van der Waals surface area contributed by atoms with Crippen LogP contribution in [0.3, 0.4) is 0 Å². The molecular weight excluding hydrogens is 368 g/mol. The van der Waals surface area contributed by atoms with E-state index in [9.17, 15) is 10.1 Å². The van der Waals surface area contributed by atoms with Crippen molar-refractivity contribution in [1.29, 1.82) is 5.26 Å². The van der Waals surface area contributed by atoms with Crippen LogP contribution in [-0.2, 0) is 16.1 Å². The monoisotopic (exact) mass is 390 g/mol. The summed E-state index contributed by atoms with van der Waals surface area (Å²) in [5, 5.41) is 23.8. The van der Waals surface area contributed by atoms with E-state index >= 15 is 0 Å². The highest BCUT2D eigenvalue weighted by Crippen LogP contribution is 2.30. The maximum Gasteiger partial charge on any atom is 0.329 e. The number of hydrogen-bond donors (Lipinski definition) is 1. The van der Waals surface area contributed by atoms with Crippen LogP contribution in [0, 0.1) is 17.4 Å². The number of hydrogen-bond acceptors (Lipinski definition) is 7. The second-order valence-corrected chi connectivity index (χ2v) is 6.92. The Hall–Kier alpha value is -3.73. The number of nitrogens with zero attached hydrogens (tertiary/aromatic N) is 5. The fraction of sp³-hybridized carbons (Fsp3) is 0.286. The minimum Gasteiger partial charge on any atom is -0.467 e. The molecule has 0 bridgehead atoms. The highest BCUT2D eigenvalue weighted by molar-refractivity contribution is 5.80. The molecule has 0 fully saturated rings. The Bertz CT molecular complexity index is 993. The van der Waals surface area contributed by atoms with Crippen molar-refractivity contribution in [2.45, 2.75) is 26.4 Å². The summed E-state index contributed by atoms with van der Waals surface area (Å²) in [5.41, 5.74) is 3.76. The third kappa shape index (κ3) is 4.41. The van der Waals surface area contributed by atoms with Crippen molar-refractivity contribution in [3.8, 4) is 28.7 Å². The number of aromatic nitrogens is 4. The summed E-state index contributed by atoms with van der Waals surface area (Å²) in [4.78, 5) is 13.6. The molecule has 2 aromatic carbocycles. The molecule has 1 aromatic heterocycles. The number of nitrogens with one attached hydrogen (secondary N) is 1. The van der Waals surface area contributed by atoms with E-state index in [1.165, 1.54) is 12.0 Å². The molecule has 29 heavy (non-hydrogen) atoms. The maximum atomic E-state index is 12.1. The summed E-state index contributed by atoms with van der Waals surface area (Å²) in [5.74, 6) is 0.0635. The van der Waals surface area contributed by atoms with Crippen LogP contribution in [-0.4, -0.2) is 44.6 Å². The lowest BCUT2D eigenvalue weighted by atomic mass is 9.98. The Balaban J connectivity index is 1.84. The minimum atomic E-state index is -0.622. The van der Waals surface area contributed by atoms with Gasteiger partial charge >= 0.3 is 5.97 Å². The van der Waals surface area contributed by atoms with Gasteiger partial charge in [-0.2, -0.15) is 10.5 Å². The standard InChI is InChI=1S/C21H22N6O2/c1-14(2)19(21(28)29-3)27(13-22)12-15-8-10-16(11-9-15)17-6-4-5-7-18(17)20-23-25-26-24-20/h4-11,14,19H,12H2,1-3H3,(H,23,24,25,26)/t19-/m0/s1. The number of ether oxygens (including phenoxy) is 1. The van der Waals surface area contributed by atoms with E-state index in [2.05, 4.69) is 26.8 Å². The van der Waals surface area contributed by atoms with E-state index in [1.807, 2.05) is 62.4 Å². The number of nitriles is 1. The first-order valence-corrected chi connectivity index (χ1v) is 9.21. The fourth-order valence-electron chi connectivity index (χ4n) is 3.27. The number of tetrazole rings is 1. The van der Waals surface area contributed by atoms with Crippen molar-refractivity contribution in [2.75, 3.05) is 7.11 Å². The molecule has 0 aliphatic heterocycles. The van der Waals surface area contributed by atoms with E-state index in [4.69, 9.17) is 4.74 Å². The van der Waals surface area contributed by atoms with Crippen LogP contribution < -0.4 is 0 Å². The first-order valence-electron chi connectivity index (χ1n) is 9.21. The van der Waals surface area contributed by atoms with E-state index in [0.717, 1.165) is 22.3 Å². The summed E-state index contributed by atoms with van der Waals surface area (Å²) in [6, 6.07) is 15.0. The maximum absolute atomic E-state index is 12.1. The summed E-state index contributed by atoms with van der Waals surface area (Å²) >= 11 is 0. The zero-order chi connectivity index (χ0) is 20.8. The second kappa shape index (κ2) is 8.97. The van der Waals surface area contributed by atoms with Crippen LogP contribution in [0.2, 0.25) is 0 Å². The average molecular weight is 390 g/mol. The normalized spacial score (nSPS) is 11.7. The van der Waals surface area contributed by atoms with Crippen molar-refractivity contribution in [3.05, 3.63) is 54.1 Å². The highest BCUT2D eigenvalue weighted by Gasteiger charge is 2.29. The third-order valence-electron chi connectivity index (χ3n) is 4.67. The zero-order valence-corrected chi connectivity index (χ0v) is 16.5. The summed E-state index contributed by atoms with van der Waals surface area (Å²) in [6.45, 7) is 4.11. The quantitative estimate of drug-likeness (QED) is 0.375. The minimum absolute atomic E-state index is 0.0526. The Morgan fingerprint density at radius 1 is 1.17 bits per heavy atom. The van der Waals surface area contributed by atoms with Gasteiger partial charge in [-0.25, -0.2) is 4.79 Å². The predicted octanol–water partition coefficient (Wildman–Crippen LogP) is 3.01. The molecule has 0 aliphatic carbocycles. The lowest BCUT2D eigenvalue weighted by Gasteiger charge is -2.27. The molecule has 0 radical (unpaired) electrons. The SMILES string of the molecule is COC(=O)[C@H](C(C)C)N(C#N)Cc1ccc(-c2ccccc2-c2nn[nH]n2)cc1. The number of esters is 1. The number of carbonyl (C=O) groups is 1. The van der Waals surface area contributed by atoms with Gasteiger partial charge in [0, 0.05) is 5.56 Å². The van der Waals surface area contributed by atoms with Crippen LogP contribution in [0.5, 0.6) is 0 Å². The first kappa shape index (κ1) is 20.0. The number of methoxy groups -OCH3 is 1. The van der Waals surface area contributed by atoms with Gasteiger partial charge in [0.05, 0.1) is 13.7 Å². The van der Waals surface area contributed by atoms with Gasteiger partial charge in [-0.3, -0.25) is 4.90 Å². The lowest BCUT2D eigenvalue weighted by molar-refractivity contribution is -0.147. The molecule has 8 heteroatoms. The van der Waals surface area contributed by atoms with Crippen molar-refractivity contribution in [2.24, 2.45) is 5.92 Å². The Labute approximate surface area is 169 Å². The van der Waals surface area contributed by atoms with Crippen LogP contribution in [0.15, 0.2) is 48.5 Å². The number of carbonyl (C=O) groups excluding carboxylic acids is 1. The Kier molecular flexibility index (Phi) is 6.19. The van der Waals surface area contributed by atoms with E-state index in [1.54, 1.807) is 0 Å². The molecular formula is C21H22N6O2. The molecule has 1 heterocycles. The number of aromatic amines is 1. The molecule has 0 unspecified atom stereocenters. The number of H-pyrrole nitrogens is 1. The van der Waals surface area contributed by atoms with Crippen LogP contribution in [0.25, 0.3) is 22.5 Å². The predicted molar refractivity (Wildman–Crippen MR) is 107 cm³/mol. The average Bonchev–Trinajstić information content (AvgIpc) is 3.28. The molecule has 3 rings (SSSR count). The summed E-state index contributed by atoms with van der Waals surface area (Å²) < 4.78 is 4.87. The molecule has 0 spiro atoms. The van der Waals surface area contributed by atoms with E-state index < -0.39 is 12.0 Å². The van der Waals surface area contributed by atoms with Gasteiger partial charge in [-0.05, 0) is 27.8 Å². The molecule has 1 N–H and O–H groups in total. The third-order valence-corrected chi connectivity index (χ3v) is 4.67. The lowest BCUT2D eigenvalue weighted by Crippen LogP contribution is -2.42. The van der Waals surface area contributed by atoms with Gasteiger partial charge in [0.25, 0.3) is 0 Å². The van der Waals surface area contributed by atoms with Crippen molar-refractivity contribution >= 4 is 5.97 Å². The number of rotatable bonds is 7. The van der Waals surface area contributed by atoms with Crippen LogP contribution >= 0.6 is 0 Å². The topological polar surface area (TPSA) is 108 Å². The molecule has 148 valence electrons. The van der Waals surface area contributed by atoms with Gasteiger partial charge < -0.3 is 4.74 Å². The summed E-state index contributed by atoms with van der Waals surface area (Å²) in [7, 11) is 1.34. The van der Waals surface area contributed by atoms with Gasteiger partial charge in [0.2, 0.25) is 5.82 Å². The van der Waals surface area contributed by atoms with E-state index in [0.29, 0.717) is 12.4 Å². The molecule has 0 saturated heterocycles. The molecule has 0 aliphatic rings. The van der Waals surface area contributed by atoms with Crippen LogP contribution in [0.4, 0.5) is 0 Å². The van der Waals surface area contributed by atoms with Crippen LogP contribution in [0.1, 0.15) is 19.4 Å². The van der Waals surface area contributed by atoms with Crippen molar-refractivity contribution in [3.63, 3.8) is 0 Å². The molecule has 3 aromatic rings. The highest BCUT2D eigenvalue weighted by atomic mass is 16.5. The van der Waals surface area contributed by atoms with Gasteiger partial charge in [0.1, 0.15) is 6.04 Å². The first-order chi connectivity index (χ1) is 14.0. The molecule has 1 atom stereocenters. The van der Waals surface area contributed by atoms with Gasteiger partial charge in [0.15, 0.2) is 6.19 Å². The second-order valence-electron chi connectivity index (χ2n) is 6.92. The van der Waals surface area contributed by atoms with Gasteiger partial charge in [-0.1, -0.05) is 62.4 Å². The largest absolute Gasteiger partial charge is 0.467 e. The van der Waals surface area contributed by atoms with Crippen molar-refractivity contribution in [1.82, 2.24) is 25.5 Å². The molecule has 0 amide bonds. The summed E-state index contributed by atoms with van der Waals surface area (Å²) in [6.07, 6.45) is 2.13. The Morgan fingerprint density at radius 2 is 1.86 bits per heavy atom. The van der Waals surface area contributed by atoms with E-state index in [-0.39, 0.29) is 5.92 Å². The fourth-order valence-corrected chi connectivity index (χ4v) is 3.27. The van der Waals surface area contributed by atoms with Crippen molar-refractivity contribution < 1.29 is 9.53 Å². The Morgan fingerprint density at radius 3 is 2.41 bits per heavy atom. The smallest absolute Gasteiger partial charge is 0.329 e. The van der Waals surface area contributed by atoms with Gasteiger partial charge in [-0.15, -0.1) is 10.2 Å². The zero-order valence-electron chi connectivity index (χ0n) is 16.5. The molecule has 8 nitrogen and oxygen atoms in total. The molecule has 0 saturated carbocycles. The number of benzene rings is 2.